The van der Waals surface area contributed by atoms with Gasteiger partial charge in [-0.15, -0.1) is 0 Å². The van der Waals surface area contributed by atoms with Gasteiger partial charge in [0.25, 0.3) is 0 Å². The molecule has 2 heterocycles. The molecule has 1 fully saturated rings. The van der Waals surface area contributed by atoms with E-state index in [1.54, 1.807) is 0 Å². The normalized spacial score (nSPS) is 23.5. The zero-order valence-corrected chi connectivity index (χ0v) is 11.1. The molecule has 0 radical (unpaired) electrons. The summed E-state index contributed by atoms with van der Waals surface area (Å²) in [5.74, 6) is 1.20. The van der Waals surface area contributed by atoms with Gasteiger partial charge in [0, 0.05) is 19.3 Å². The topological polar surface area (TPSA) is 47.1 Å². The van der Waals surface area contributed by atoms with Crippen molar-refractivity contribution in [3.05, 3.63) is 18.2 Å². The number of nitrogens with two attached hydrogens (primary N) is 1. The van der Waals surface area contributed by atoms with Gasteiger partial charge in [-0.1, -0.05) is 13.8 Å². The first-order valence-electron chi connectivity index (χ1n) is 6.52. The maximum Gasteiger partial charge on any atom is 0.0950 e. The lowest BCUT2D eigenvalue weighted by atomic mass is 10.0. The average molecular weight is 236 g/mol. The summed E-state index contributed by atoms with van der Waals surface area (Å²) in [6.45, 7) is 7.76. The third-order valence-electron chi connectivity index (χ3n) is 3.67. The largest absolute Gasteiger partial charge is 0.337 e. The van der Waals surface area contributed by atoms with Gasteiger partial charge in [0.1, 0.15) is 0 Å². The highest BCUT2D eigenvalue weighted by atomic mass is 15.1. The Bertz CT molecular complexity index is 358. The van der Waals surface area contributed by atoms with Gasteiger partial charge in [-0.2, -0.15) is 0 Å². The molecule has 0 bridgehead atoms. The van der Waals surface area contributed by atoms with E-state index >= 15 is 0 Å². The Morgan fingerprint density at radius 1 is 1.53 bits per heavy atom. The molecule has 0 aliphatic carbocycles. The van der Waals surface area contributed by atoms with Gasteiger partial charge in [0.15, 0.2) is 0 Å². The molecule has 1 unspecified atom stereocenters. The standard InChI is InChI=1S/C13H24N4/c1-10(2)13(14)12-8-17(9-15-12)7-11-4-5-16(3)6-11/h8-11,13H,4-7,14H2,1-3H3/t11?,13-/m1/s1. The summed E-state index contributed by atoms with van der Waals surface area (Å²) in [6, 6.07) is 0.0579. The van der Waals surface area contributed by atoms with Crippen LogP contribution in [-0.2, 0) is 6.54 Å². The zero-order valence-electron chi connectivity index (χ0n) is 11.1. The molecule has 0 saturated carbocycles. The maximum absolute atomic E-state index is 6.10. The molecule has 0 spiro atoms. The van der Waals surface area contributed by atoms with Gasteiger partial charge in [0.2, 0.25) is 0 Å². The second kappa shape index (κ2) is 5.19. The fourth-order valence-corrected chi connectivity index (χ4v) is 2.46. The molecule has 1 aliphatic rings. The first-order chi connectivity index (χ1) is 8.06. The minimum absolute atomic E-state index is 0.0579. The third-order valence-corrected chi connectivity index (χ3v) is 3.67. The van der Waals surface area contributed by atoms with Crippen LogP contribution in [0.4, 0.5) is 0 Å². The first-order valence-corrected chi connectivity index (χ1v) is 6.52. The minimum Gasteiger partial charge on any atom is -0.337 e. The van der Waals surface area contributed by atoms with Crippen molar-refractivity contribution in [3.63, 3.8) is 0 Å². The number of hydrogen-bond donors (Lipinski definition) is 1. The monoisotopic (exact) mass is 236 g/mol. The molecule has 1 aromatic rings. The highest BCUT2D eigenvalue weighted by Gasteiger charge is 2.20. The fraction of sp³-hybridized carbons (Fsp3) is 0.769. The summed E-state index contributed by atoms with van der Waals surface area (Å²) in [4.78, 5) is 6.81. The molecule has 1 aliphatic heterocycles. The molecule has 1 aromatic heterocycles. The smallest absolute Gasteiger partial charge is 0.0950 e. The quantitative estimate of drug-likeness (QED) is 0.861. The molecule has 1 saturated heterocycles. The van der Waals surface area contributed by atoms with Crippen molar-refractivity contribution in [2.75, 3.05) is 20.1 Å². The summed E-state index contributed by atoms with van der Waals surface area (Å²) in [5, 5.41) is 0. The Morgan fingerprint density at radius 2 is 2.29 bits per heavy atom. The van der Waals surface area contributed by atoms with E-state index in [1.165, 1.54) is 19.5 Å². The molecule has 17 heavy (non-hydrogen) atoms. The SMILES string of the molecule is CC(C)[C@@H](N)c1cn(CC2CCN(C)C2)cn1. The van der Waals surface area contributed by atoms with Crippen LogP contribution >= 0.6 is 0 Å². The van der Waals surface area contributed by atoms with Crippen molar-refractivity contribution in [2.24, 2.45) is 17.6 Å². The lowest BCUT2D eigenvalue weighted by Crippen LogP contribution is -2.17. The molecule has 0 aromatic carbocycles. The Kier molecular flexibility index (Phi) is 3.84. The van der Waals surface area contributed by atoms with E-state index in [4.69, 9.17) is 5.73 Å². The minimum atomic E-state index is 0.0579. The van der Waals surface area contributed by atoms with E-state index in [2.05, 4.69) is 41.5 Å². The maximum atomic E-state index is 6.10. The molecule has 0 amide bonds. The van der Waals surface area contributed by atoms with Crippen LogP contribution in [0.2, 0.25) is 0 Å². The molecule has 2 atom stereocenters. The highest BCUT2D eigenvalue weighted by Crippen LogP contribution is 2.19. The highest BCUT2D eigenvalue weighted by molar-refractivity contribution is 5.04. The van der Waals surface area contributed by atoms with Crippen LogP contribution in [0.15, 0.2) is 12.5 Å². The second-order valence-electron chi connectivity index (χ2n) is 5.68. The Labute approximate surface area is 104 Å². The predicted octanol–water partition coefficient (Wildman–Crippen LogP) is 1.49. The summed E-state index contributed by atoms with van der Waals surface area (Å²) in [5.41, 5.74) is 7.12. The van der Waals surface area contributed by atoms with Gasteiger partial charge in [0.05, 0.1) is 18.1 Å². The molecule has 4 nitrogen and oxygen atoms in total. The molecular weight excluding hydrogens is 212 g/mol. The number of nitrogens with zero attached hydrogens (tertiary/aromatic N) is 3. The van der Waals surface area contributed by atoms with Crippen molar-refractivity contribution in [3.8, 4) is 0 Å². The van der Waals surface area contributed by atoms with Crippen LogP contribution in [0.25, 0.3) is 0 Å². The Morgan fingerprint density at radius 3 is 2.88 bits per heavy atom. The Balaban J connectivity index is 1.94. The van der Waals surface area contributed by atoms with Crippen molar-refractivity contribution >= 4 is 0 Å². The first kappa shape index (κ1) is 12.6. The predicted molar refractivity (Wildman–Crippen MR) is 69.6 cm³/mol. The van der Waals surface area contributed by atoms with Crippen LogP contribution in [0, 0.1) is 11.8 Å². The number of aromatic nitrogens is 2. The van der Waals surface area contributed by atoms with Crippen molar-refractivity contribution in [1.29, 1.82) is 0 Å². The van der Waals surface area contributed by atoms with Gasteiger partial charge in [-0.3, -0.25) is 0 Å². The number of imidazole rings is 1. The number of rotatable bonds is 4. The van der Waals surface area contributed by atoms with Crippen molar-refractivity contribution in [1.82, 2.24) is 14.5 Å². The lowest BCUT2D eigenvalue weighted by Gasteiger charge is -2.13. The Hall–Kier alpha value is -0.870. The van der Waals surface area contributed by atoms with Gasteiger partial charge in [-0.25, -0.2) is 4.98 Å². The van der Waals surface area contributed by atoms with Gasteiger partial charge in [-0.05, 0) is 31.8 Å². The van der Waals surface area contributed by atoms with Crippen LogP contribution < -0.4 is 5.73 Å². The fourth-order valence-electron chi connectivity index (χ4n) is 2.46. The number of likely N-dealkylation sites (tertiary alicyclic amines) is 1. The van der Waals surface area contributed by atoms with E-state index in [0.29, 0.717) is 5.92 Å². The van der Waals surface area contributed by atoms with Crippen molar-refractivity contribution in [2.45, 2.75) is 32.9 Å². The average Bonchev–Trinajstić information content (AvgIpc) is 2.87. The van der Waals surface area contributed by atoms with Crippen LogP contribution in [0.1, 0.15) is 32.0 Å². The molecule has 2 rings (SSSR count). The van der Waals surface area contributed by atoms with Gasteiger partial charge < -0.3 is 15.2 Å². The summed E-state index contributed by atoms with van der Waals surface area (Å²) < 4.78 is 2.20. The molecule has 2 N–H and O–H groups in total. The van der Waals surface area contributed by atoms with E-state index < -0.39 is 0 Å². The van der Waals surface area contributed by atoms with Crippen LogP contribution in [0.3, 0.4) is 0 Å². The van der Waals surface area contributed by atoms with Crippen LogP contribution in [0.5, 0.6) is 0 Å². The van der Waals surface area contributed by atoms with Crippen molar-refractivity contribution < 1.29 is 0 Å². The molecule has 96 valence electrons. The van der Waals surface area contributed by atoms with E-state index in [1.807, 2.05) is 6.33 Å². The number of hydrogen-bond acceptors (Lipinski definition) is 3. The molecular formula is C13H24N4. The molecule has 4 heteroatoms. The lowest BCUT2D eigenvalue weighted by molar-refractivity contribution is 0.378. The summed E-state index contributed by atoms with van der Waals surface area (Å²) in [7, 11) is 2.19. The third kappa shape index (κ3) is 3.07. The van der Waals surface area contributed by atoms with E-state index in [-0.39, 0.29) is 6.04 Å². The summed E-state index contributed by atoms with van der Waals surface area (Å²) in [6.07, 6.45) is 5.33. The van der Waals surface area contributed by atoms with E-state index in [9.17, 15) is 0 Å². The summed E-state index contributed by atoms with van der Waals surface area (Å²) >= 11 is 0. The zero-order chi connectivity index (χ0) is 12.4. The second-order valence-corrected chi connectivity index (χ2v) is 5.68. The van der Waals surface area contributed by atoms with E-state index in [0.717, 1.165) is 18.2 Å². The van der Waals surface area contributed by atoms with Crippen LogP contribution in [-0.4, -0.2) is 34.6 Å². The van der Waals surface area contributed by atoms with Gasteiger partial charge >= 0.3 is 0 Å².